The molecule has 0 aliphatic carbocycles. The number of aryl methyl sites for hydroxylation is 2. The Morgan fingerprint density at radius 2 is 1.83 bits per heavy atom. The first-order valence-electron chi connectivity index (χ1n) is 7.54. The average Bonchev–Trinajstić information content (AvgIpc) is 2.92. The summed E-state index contributed by atoms with van der Waals surface area (Å²) in [5.41, 5.74) is 11.8. The topological polar surface area (TPSA) is 56.7 Å². The Morgan fingerprint density at radius 3 is 2.48 bits per heavy atom. The number of hydrogen-bond acceptors (Lipinski definition) is 3. The Hall–Kier alpha value is -2.53. The first kappa shape index (κ1) is 15.4. The van der Waals surface area contributed by atoms with E-state index in [0.717, 1.165) is 28.2 Å². The van der Waals surface area contributed by atoms with Crippen LogP contribution in [0.1, 0.15) is 28.1 Å². The molecule has 0 fully saturated rings. The molecule has 0 unspecified atom stereocenters. The van der Waals surface area contributed by atoms with E-state index in [-0.39, 0.29) is 5.82 Å². The Bertz CT molecular complexity index is 822. The van der Waals surface area contributed by atoms with Crippen molar-refractivity contribution in [3.8, 4) is 5.69 Å². The minimum Gasteiger partial charge on any atom is -0.325 e. The number of nitrogens with zero attached hydrogens (tertiary/aromatic N) is 3. The molecule has 1 aromatic heterocycles. The molecule has 5 heteroatoms. The summed E-state index contributed by atoms with van der Waals surface area (Å²) in [6.45, 7) is 4.43. The molecule has 2 N–H and O–H groups in total. The van der Waals surface area contributed by atoms with Crippen molar-refractivity contribution in [3.63, 3.8) is 0 Å². The zero-order chi connectivity index (χ0) is 16.4. The van der Waals surface area contributed by atoms with Gasteiger partial charge in [0.2, 0.25) is 0 Å². The predicted octanol–water partition coefficient (Wildman–Crippen LogP) is 3.07. The van der Waals surface area contributed by atoms with Crippen LogP contribution in [0.25, 0.3) is 5.69 Å². The largest absolute Gasteiger partial charge is 0.325 e. The van der Waals surface area contributed by atoms with E-state index in [9.17, 15) is 4.39 Å². The fourth-order valence-electron chi connectivity index (χ4n) is 2.70. The van der Waals surface area contributed by atoms with Crippen LogP contribution in [0.2, 0.25) is 0 Å². The van der Waals surface area contributed by atoms with Crippen molar-refractivity contribution in [2.24, 2.45) is 5.73 Å². The monoisotopic (exact) mass is 310 g/mol. The Kier molecular flexibility index (Phi) is 4.21. The number of nitrogens with two attached hydrogens (primary N) is 1. The molecular formula is C18H19FN4. The Labute approximate surface area is 134 Å². The molecule has 4 nitrogen and oxygen atoms in total. The summed E-state index contributed by atoms with van der Waals surface area (Å²) in [5, 5.41) is 8.48. The van der Waals surface area contributed by atoms with E-state index in [1.807, 2.05) is 23.7 Å². The van der Waals surface area contributed by atoms with Crippen LogP contribution in [0.3, 0.4) is 0 Å². The first-order valence-corrected chi connectivity index (χ1v) is 7.54. The second-order valence-corrected chi connectivity index (χ2v) is 5.69. The van der Waals surface area contributed by atoms with Crippen molar-refractivity contribution in [3.05, 3.63) is 76.4 Å². The van der Waals surface area contributed by atoms with E-state index in [1.165, 1.54) is 17.7 Å². The van der Waals surface area contributed by atoms with Crippen LogP contribution in [0.5, 0.6) is 0 Å². The van der Waals surface area contributed by atoms with Crippen molar-refractivity contribution in [2.75, 3.05) is 0 Å². The molecule has 3 rings (SSSR count). The number of halogens is 1. The van der Waals surface area contributed by atoms with Gasteiger partial charge in [-0.15, -0.1) is 5.10 Å². The van der Waals surface area contributed by atoms with Gasteiger partial charge in [0, 0.05) is 13.0 Å². The minimum absolute atomic E-state index is 0.242. The SMILES string of the molecule is Cc1ccc(-n2nnc(CN)c2Cc2ccc(F)cc2)c(C)c1. The van der Waals surface area contributed by atoms with Gasteiger partial charge in [0.05, 0.1) is 11.4 Å². The van der Waals surface area contributed by atoms with Gasteiger partial charge in [0.1, 0.15) is 11.5 Å². The smallest absolute Gasteiger partial charge is 0.123 e. The number of rotatable bonds is 4. The molecule has 0 radical (unpaired) electrons. The van der Waals surface area contributed by atoms with Gasteiger partial charge in [-0.2, -0.15) is 0 Å². The number of aromatic nitrogens is 3. The molecule has 0 saturated heterocycles. The van der Waals surface area contributed by atoms with Gasteiger partial charge in [-0.05, 0) is 43.2 Å². The molecule has 1 heterocycles. The van der Waals surface area contributed by atoms with Crippen LogP contribution in [0.15, 0.2) is 42.5 Å². The highest BCUT2D eigenvalue weighted by molar-refractivity contribution is 5.44. The van der Waals surface area contributed by atoms with Gasteiger partial charge >= 0.3 is 0 Å². The maximum Gasteiger partial charge on any atom is 0.123 e. The third-order valence-corrected chi connectivity index (χ3v) is 3.90. The zero-order valence-electron chi connectivity index (χ0n) is 13.3. The number of hydrogen-bond donors (Lipinski definition) is 1. The van der Waals surface area contributed by atoms with E-state index in [4.69, 9.17) is 5.73 Å². The molecule has 118 valence electrons. The summed E-state index contributed by atoms with van der Waals surface area (Å²) < 4.78 is 14.9. The molecule has 23 heavy (non-hydrogen) atoms. The third-order valence-electron chi connectivity index (χ3n) is 3.90. The molecule has 0 aliphatic heterocycles. The summed E-state index contributed by atoms with van der Waals surface area (Å²) in [6.07, 6.45) is 0.604. The van der Waals surface area contributed by atoms with Crippen LogP contribution in [-0.2, 0) is 13.0 Å². The van der Waals surface area contributed by atoms with Crippen LogP contribution in [-0.4, -0.2) is 15.0 Å². The molecule has 3 aromatic rings. The molecule has 0 bridgehead atoms. The summed E-state index contributed by atoms with van der Waals surface area (Å²) >= 11 is 0. The summed E-state index contributed by atoms with van der Waals surface area (Å²) in [4.78, 5) is 0. The van der Waals surface area contributed by atoms with Crippen molar-refractivity contribution < 1.29 is 4.39 Å². The van der Waals surface area contributed by atoms with Crippen molar-refractivity contribution in [2.45, 2.75) is 26.8 Å². The molecule has 2 aromatic carbocycles. The third kappa shape index (κ3) is 3.14. The van der Waals surface area contributed by atoms with E-state index in [2.05, 4.69) is 23.3 Å². The van der Waals surface area contributed by atoms with E-state index < -0.39 is 0 Å². The lowest BCUT2D eigenvalue weighted by atomic mass is 10.1. The lowest BCUT2D eigenvalue weighted by molar-refractivity contribution is 0.627. The minimum atomic E-state index is -0.242. The average molecular weight is 310 g/mol. The van der Waals surface area contributed by atoms with E-state index >= 15 is 0 Å². The second kappa shape index (κ2) is 6.30. The molecule has 0 aliphatic rings. The maximum absolute atomic E-state index is 13.1. The van der Waals surface area contributed by atoms with Crippen molar-refractivity contribution >= 4 is 0 Å². The predicted molar refractivity (Wildman–Crippen MR) is 87.9 cm³/mol. The van der Waals surface area contributed by atoms with Crippen LogP contribution >= 0.6 is 0 Å². The fraction of sp³-hybridized carbons (Fsp3) is 0.222. The van der Waals surface area contributed by atoms with E-state index in [1.54, 1.807) is 12.1 Å². The van der Waals surface area contributed by atoms with Crippen molar-refractivity contribution in [1.29, 1.82) is 0 Å². The van der Waals surface area contributed by atoms with Crippen LogP contribution in [0.4, 0.5) is 4.39 Å². The van der Waals surface area contributed by atoms with Gasteiger partial charge in [-0.25, -0.2) is 9.07 Å². The lowest BCUT2D eigenvalue weighted by Gasteiger charge is -2.11. The van der Waals surface area contributed by atoms with Crippen LogP contribution < -0.4 is 5.73 Å². The van der Waals surface area contributed by atoms with Crippen LogP contribution in [0, 0.1) is 19.7 Å². The van der Waals surface area contributed by atoms with Gasteiger partial charge in [-0.3, -0.25) is 0 Å². The Balaban J connectivity index is 2.05. The summed E-state index contributed by atoms with van der Waals surface area (Å²) in [6, 6.07) is 12.7. The Morgan fingerprint density at radius 1 is 1.09 bits per heavy atom. The highest BCUT2D eigenvalue weighted by Gasteiger charge is 2.15. The van der Waals surface area contributed by atoms with Gasteiger partial charge < -0.3 is 5.73 Å². The summed E-state index contributed by atoms with van der Waals surface area (Å²) in [5.74, 6) is -0.242. The highest BCUT2D eigenvalue weighted by atomic mass is 19.1. The normalized spacial score (nSPS) is 11.0. The standard InChI is InChI=1S/C18H19FN4/c1-12-3-8-17(13(2)9-12)23-18(16(11-20)21-22-23)10-14-4-6-15(19)7-5-14/h3-9H,10-11,20H2,1-2H3. The highest BCUT2D eigenvalue weighted by Crippen LogP contribution is 2.20. The molecule has 0 spiro atoms. The molecular weight excluding hydrogens is 291 g/mol. The van der Waals surface area contributed by atoms with Crippen molar-refractivity contribution in [1.82, 2.24) is 15.0 Å². The summed E-state index contributed by atoms with van der Waals surface area (Å²) in [7, 11) is 0. The van der Waals surface area contributed by atoms with E-state index in [0.29, 0.717) is 13.0 Å². The number of benzene rings is 2. The van der Waals surface area contributed by atoms with Gasteiger partial charge in [-0.1, -0.05) is 35.0 Å². The lowest BCUT2D eigenvalue weighted by Crippen LogP contribution is -2.08. The zero-order valence-corrected chi connectivity index (χ0v) is 13.3. The fourth-order valence-corrected chi connectivity index (χ4v) is 2.70. The first-order chi connectivity index (χ1) is 11.1. The maximum atomic E-state index is 13.1. The van der Waals surface area contributed by atoms with Gasteiger partial charge in [0.25, 0.3) is 0 Å². The van der Waals surface area contributed by atoms with Gasteiger partial charge in [0.15, 0.2) is 0 Å². The molecule has 0 amide bonds. The molecule has 0 saturated carbocycles. The molecule has 0 atom stereocenters. The quantitative estimate of drug-likeness (QED) is 0.805. The second-order valence-electron chi connectivity index (χ2n) is 5.69.